The number of halogens is 2. The third kappa shape index (κ3) is 4.99. The predicted molar refractivity (Wildman–Crippen MR) is 106 cm³/mol. The molecule has 1 atom stereocenters. The van der Waals surface area contributed by atoms with Gasteiger partial charge in [0.15, 0.2) is 17.6 Å². The van der Waals surface area contributed by atoms with Gasteiger partial charge >= 0.3 is 5.97 Å². The normalized spacial score (nSPS) is 11.4. The van der Waals surface area contributed by atoms with E-state index in [1.165, 1.54) is 46.5 Å². The van der Waals surface area contributed by atoms with Crippen LogP contribution in [0.3, 0.4) is 0 Å². The van der Waals surface area contributed by atoms with E-state index < -0.39 is 18.0 Å². The Bertz CT molecular complexity index is 887. The minimum atomic E-state index is -0.936. The first kappa shape index (κ1) is 21.7. The van der Waals surface area contributed by atoms with Crippen LogP contribution < -0.4 is 19.5 Å². The van der Waals surface area contributed by atoms with Crippen molar-refractivity contribution in [3.05, 3.63) is 45.9 Å². The lowest BCUT2D eigenvalue weighted by Crippen LogP contribution is -2.31. The third-order valence-corrected chi connectivity index (χ3v) is 4.30. The molecular weight excluding hydrogens is 409 g/mol. The van der Waals surface area contributed by atoms with E-state index in [0.29, 0.717) is 21.5 Å². The molecular formula is C19H19Cl2NO6. The quantitative estimate of drug-likeness (QED) is 0.666. The van der Waals surface area contributed by atoms with Crippen LogP contribution in [0, 0.1) is 0 Å². The summed E-state index contributed by atoms with van der Waals surface area (Å²) >= 11 is 12.0. The summed E-state index contributed by atoms with van der Waals surface area (Å²) in [5.74, 6) is -0.263. The van der Waals surface area contributed by atoms with Crippen molar-refractivity contribution >= 4 is 40.8 Å². The average molecular weight is 428 g/mol. The Balaban J connectivity index is 2.28. The summed E-state index contributed by atoms with van der Waals surface area (Å²) in [4.78, 5) is 24.7. The van der Waals surface area contributed by atoms with Gasteiger partial charge in [0, 0.05) is 23.2 Å². The zero-order valence-electron chi connectivity index (χ0n) is 15.7. The molecule has 7 nitrogen and oxygen atoms in total. The number of methoxy groups -OCH3 is 3. The maximum Gasteiger partial charge on any atom is 0.340 e. The van der Waals surface area contributed by atoms with Crippen molar-refractivity contribution in [1.29, 1.82) is 0 Å². The molecule has 0 aliphatic heterocycles. The van der Waals surface area contributed by atoms with Gasteiger partial charge in [0.25, 0.3) is 5.91 Å². The van der Waals surface area contributed by atoms with Gasteiger partial charge in [-0.15, -0.1) is 0 Å². The van der Waals surface area contributed by atoms with Crippen molar-refractivity contribution in [2.75, 3.05) is 26.6 Å². The molecule has 9 heteroatoms. The van der Waals surface area contributed by atoms with Gasteiger partial charge in [-0.05, 0) is 19.1 Å². The van der Waals surface area contributed by atoms with Crippen LogP contribution in [0.1, 0.15) is 17.3 Å². The second-order valence-corrected chi connectivity index (χ2v) is 6.41. The van der Waals surface area contributed by atoms with Crippen LogP contribution >= 0.6 is 23.2 Å². The fourth-order valence-electron chi connectivity index (χ4n) is 2.31. The number of carbonyl (C=O) groups excluding carboxylic acids is 2. The molecule has 0 aliphatic carbocycles. The summed E-state index contributed by atoms with van der Waals surface area (Å²) < 4.78 is 20.8. The topological polar surface area (TPSA) is 83.1 Å². The minimum Gasteiger partial charge on any atom is -0.493 e. The minimum absolute atomic E-state index is 0.0986. The van der Waals surface area contributed by atoms with Crippen LogP contribution in [0.2, 0.25) is 10.0 Å². The number of carbonyl (C=O) groups is 2. The standard InChI is InChI=1S/C19H19Cl2NO6/c1-10(28-15-7-11(20)5-6-13(15)21)18(23)22-14-9-17(26-3)16(25-2)8-12(14)19(24)27-4/h5-10H,1-4H3,(H,22,23). The number of amides is 1. The van der Waals surface area contributed by atoms with Crippen LogP contribution in [0.25, 0.3) is 0 Å². The van der Waals surface area contributed by atoms with Gasteiger partial charge < -0.3 is 24.3 Å². The predicted octanol–water partition coefficient (Wildman–Crippen LogP) is 4.20. The highest BCUT2D eigenvalue weighted by molar-refractivity contribution is 6.34. The molecule has 0 fully saturated rings. The van der Waals surface area contributed by atoms with Crippen molar-refractivity contribution < 1.29 is 28.5 Å². The molecule has 28 heavy (non-hydrogen) atoms. The van der Waals surface area contributed by atoms with Crippen LogP contribution in [-0.4, -0.2) is 39.3 Å². The van der Waals surface area contributed by atoms with Crippen LogP contribution in [0.4, 0.5) is 5.69 Å². The lowest BCUT2D eigenvalue weighted by Gasteiger charge is -2.18. The maximum atomic E-state index is 12.6. The first-order valence-electron chi connectivity index (χ1n) is 8.07. The molecule has 1 unspecified atom stereocenters. The van der Waals surface area contributed by atoms with Crippen molar-refractivity contribution in [1.82, 2.24) is 0 Å². The largest absolute Gasteiger partial charge is 0.493 e. The van der Waals surface area contributed by atoms with Gasteiger partial charge in [0.05, 0.1) is 37.6 Å². The summed E-state index contributed by atoms with van der Waals surface area (Å²) in [6.07, 6.45) is -0.936. The first-order valence-corrected chi connectivity index (χ1v) is 8.83. The molecule has 0 radical (unpaired) electrons. The van der Waals surface area contributed by atoms with Gasteiger partial charge in [0.2, 0.25) is 0 Å². The third-order valence-electron chi connectivity index (χ3n) is 3.75. The Morgan fingerprint density at radius 1 is 0.964 bits per heavy atom. The summed E-state index contributed by atoms with van der Waals surface area (Å²) in [5.41, 5.74) is 0.281. The van der Waals surface area contributed by atoms with E-state index >= 15 is 0 Å². The maximum absolute atomic E-state index is 12.6. The van der Waals surface area contributed by atoms with E-state index in [2.05, 4.69) is 5.32 Å². The fourth-order valence-corrected chi connectivity index (χ4v) is 2.63. The Kier molecular flexibility index (Phi) is 7.37. The molecule has 0 spiro atoms. The number of nitrogens with one attached hydrogen (secondary N) is 1. The number of ether oxygens (including phenoxy) is 4. The molecule has 1 N–H and O–H groups in total. The van der Waals surface area contributed by atoms with Crippen LogP contribution in [-0.2, 0) is 9.53 Å². The van der Waals surface area contributed by atoms with E-state index in [4.69, 9.17) is 42.1 Å². The molecule has 0 aromatic heterocycles. The van der Waals surface area contributed by atoms with Crippen molar-refractivity contribution in [3.63, 3.8) is 0 Å². The van der Waals surface area contributed by atoms with E-state index in [1.54, 1.807) is 12.1 Å². The second kappa shape index (κ2) is 9.52. The lowest BCUT2D eigenvalue weighted by atomic mass is 10.1. The summed E-state index contributed by atoms with van der Waals surface area (Å²) in [5, 5.41) is 3.36. The number of benzene rings is 2. The summed E-state index contributed by atoms with van der Waals surface area (Å²) in [6.45, 7) is 1.53. The molecule has 0 heterocycles. The van der Waals surface area contributed by atoms with E-state index in [0.717, 1.165) is 0 Å². The van der Waals surface area contributed by atoms with Gasteiger partial charge in [-0.25, -0.2) is 4.79 Å². The number of rotatable bonds is 7. The van der Waals surface area contributed by atoms with E-state index in [-0.39, 0.29) is 17.0 Å². The molecule has 2 aromatic carbocycles. The number of anilines is 1. The molecule has 1 amide bonds. The Hall–Kier alpha value is -2.64. The molecule has 150 valence electrons. The van der Waals surface area contributed by atoms with Crippen molar-refractivity contribution in [2.45, 2.75) is 13.0 Å². The number of esters is 1. The molecule has 2 rings (SSSR count). The lowest BCUT2D eigenvalue weighted by molar-refractivity contribution is -0.122. The molecule has 0 bridgehead atoms. The smallest absolute Gasteiger partial charge is 0.340 e. The summed E-state index contributed by atoms with van der Waals surface area (Å²) in [7, 11) is 4.10. The van der Waals surface area contributed by atoms with Gasteiger partial charge in [-0.1, -0.05) is 23.2 Å². The number of hydrogen-bond acceptors (Lipinski definition) is 6. The summed E-state index contributed by atoms with van der Waals surface area (Å²) in [6, 6.07) is 7.55. The van der Waals surface area contributed by atoms with Gasteiger partial charge in [-0.2, -0.15) is 0 Å². The number of hydrogen-bond donors (Lipinski definition) is 1. The second-order valence-electron chi connectivity index (χ2n) is 5.57. The SMILES string of the molecule is COC(=O)c1cc(OC)c(OC)cc1NC(=O)C(C)Oc1cc(Cl)ccc1Cl. The van der Waals surface area contributed by atoms with Crippen LogP contribution in [0.5, 0.6) is 17.2 Å². The highest BCUT2D eigenvalue weighted by atomic mass is 35.5. The van der Waals surface area contributed by atoms with Crippen LogP contribution in [0.15, 0.2) is 30.3 Å². The first-order chi connectivity index (χ1) is 13.3. The highest BCUT2D eigenvalue weighted by Gasteiger charge is 2.22. The van der Waals surface area contributed by atoms with Crippen molar-refractivity contribution in [3.8, 4) is 17.2 Å². The Labute approximate surface area is 172 Å². The molecule has 0 aliphatic rings. The van der Waals surface area contributed by atoms with E-state index in [1.807, 2.05) is 0 Å². The Morgan fingerprint density at radius 3 is 2.21 bits per heavy atom. The van der Waals surface area contributed by atoms with E-state index in [9.17, 15) is 9.59 Å². The monoisotopic (exact) mass is 427 g/mol. The average Bonchev–Trinajstić information content (AvgIpc) is 2.69. The highest BCUT2D eigenvalue weighted by Crippen LogP contribution is 2.34. The molecule has 0 saturated heterocycles. The fraction of sp³-hybridized carbons (Fsp3) is 0.263. The van der Waals surface area contributed by atoms with Crippen molar-refractivity contribution in [2.24, 2.45) is 0 Å². The van der Waals surface area contributed by atoms with Gasteiger partial charge in [-0.3, -0.25) is 4.79 Å². The Morgan fingerprint density at radius 2 is 1.61 bits per heavy atom. The zero-order chi connectivity index (χ0) is 20.8. The zero-order valence-corrected chi connectivity index (χ0v) is 17.2. The van der Waals surface area contributed by atoms with Gasteiger partial charge in [0.1, 0.15) is 5.75 Å². The molecule has 2 aromatic rings. The molecule has 0 saturated carbocycles.